The second-order valence-electron chi connectivity index (χ2n) is 5.74. The number of carboxylic acid groups (broad SMARTS) is 1. The maximum Gasteiger partial charge on any atom is 0.315 e. The Morgan fingerprint density at radius 2 is 1.74 bits per heavy atom. The van der Waals surface area contributed by atoms with E-state index in [0.29, 0.717) is 12.3 Å². The molecule has 1 atom stereocenters. The zero-order valence-corrected chi connectivity index (χ0v) is 12.7. The minimum atomic E-state index is -0.847. The first-order chi connectivity index (χ1) is 8.71. The van der Waals surface area contributed by atoms with Crippen molar-refractivity contribution < 1.29 is 14.7 Å². The minimum Gasteiger partial charge on any atom is -0.481 e. The smallest absolute Gasteiger partial charge is 0.315 e. The molecule has 0 aliphatic heterocycles. The largest absolute Gasteiger partial charge is 0.481 e. The number of urea groups is 1. The first-order valence-corrected chi connectivity index (χ1v) is 7.02. The molecule has 112 valence electrons. The summed E-state index contributed by atoms with van der Waals surface area (Å²) in [5.74, 6) is -0.381. The van der Waals surface area contributed by atoms with Gasteiger partial charge in [0.15, 0.2) is 0 Å². The van der Waals surface area contributed by atoms with Gasteiger partial charge in [-0.3, -0.25) is 4.79 Å². The molecular weight excluding hydrogens is 244 g/mol. The minimum absolute atomic E-state index is 0.0510. The molecule has 2 amide bonds. The predicted molar refractivity (Wildman–Crippen MR) is 76.2 cm³/mol. The van der Waals surface area contributed by atoms with E-state index in [1.54, 1.807) is 0 Å². The molecule has 19 heavy (non-hydrogen) atoms. The van der Waals surface area contributed by atoms with Crippen LogP contribution >= 0.6 is 0 Å². The summed E-state index contributed by atoms with van der Waals surface area (Å²) in [6.45, 7) is 9.89. The number of hydrogen-bond acceptors (Lipinski definition) is 2. The molecule has 5 nitrogen and oxygen atoms in total. The van der Waals surface area contributed by atoms with Crippen molar-refractivity contribution in [3.8, 4) is 0 Å². The molecule has 3 N–H and O–H groups in total. The van der Waals surface area contributed by atoms with Gasteiger partial charge in [-0.25, -0.2) is 4.79 Å². The molecule has 0 radical (unpaired) electrons. The van der Waals surface area contributed by atoms with Crippen molar-refractivity contribution in [1.82, 2.24) is 10.6 Å². The van der Waals surface area contributed by atoms with Crippen LogP contribution in [0, 0.1) is 5.92 Å². The Kier molecular flexibility index (Phi) is 7.49. The molecule has 0 aromatic carbocycles. The van der Waals surface area contributed by atoms with Crippen LogP contribution in [0.5, 0.6) is 0 Å². The Morgan fingerprint density at radius 3 is 2.16 bits per heavy atom. The van der Waals surface area contributed by atoms with Crippen LogP contribution in [0.2, 0.25) is 0 Å². The van der Waals surface area contributed by atoms with E-state index in [9.17, 15) is 9.59 Å². The number of nitrogens with one attached hydrogen (secondary N) is 2. The van der Waals surface area contributed by atoms with E-state index < -0.39 is 11.5 Å². The number of carboxylic acids is 1. The third-order valence-electron chi connectivity index (χ3n) is 3.53. The van der Waals surface area contributed by atoms with Gasteiger partial charge in [-0.15, -0.1) is 0 Å². The monoisotopic (exact) mass is 272 g/mol. The SMILES string of the molecule is CCC(CC)C(C)NC(=O)NC(C)(C)CCC(=O)O. The Morgan fingerprint density at radius 1 is 1.21 bits per heavy atom. The Balaban J connectivity index is 4.25. The summed E-state index contributed by atoms with van der Waals surface area (Å²) in [5, 5.41) is 14.4. The fourth-order valence-electron chi connectivity index (χ4n) is 2.15. The first-order valence-electron chi connectivity index (χ1n) is 7.02. The van der Waals surface area contributed by atoms with E-state index >= 15 is 0 Å². The zero-order chi connectivity index (χ0) is 15.1. The Hall–Kier alpha value is -1.26. The molecule has 0 spiro atoms. The first kappa shape index (κ1) is 17.7. The topological polar surface area (TPSA) is 78.4 Å². The average molecular weight is 272 g/mol. The van der Waals surface area contributed by atoms with Gasteiger partial charge in [0.2, 0.25) is 0 Å². The fraction of sp³-hybridized carbons (Fsp3) is 0.857. The van der Waals surface area contributed by atoms with Crippen LogP contribution in [-0.2, 0) is 4.79 Å². The molecule has 0 heterocycles. The normalized spacial score (nSPS) is 13.2. The van der Waals surface area contributed by atoms with Gasteiger partial charge in [0.25, 0.3) is 0 Å². The van der Waals surface area contributed by atoms with Crippen molar-refractivity contribution in [2.24, 2.45) is 5.92 Å². The van der Waals surface area contributed by atoms with Gasteiger partial charge in [-0.1, -0.05) is 26.7 Å². The lowest BCUT2D eigenvalue weighted by Gasteiger charge is -2.28. The highest BCUT2D eigenvalue weighted by Crippen LogP contribution is 2.14. The summed E-state index contributed by atoms with van der Waals surface area (Å²) >= 11 is 0. The maximum absolute atomic E-state index is 11.9. The van der Waals surface area contributed by atoms with Gasteiger partial charge < -0.3 is 15.7 Å². The number of carbonyl (C=O) groups excluding carboxylic acids is 1. The molecular formula is C14H28N2O3. The standard InChI is InChI=1S/C14H28N2O3/c1-6-11(7-2)10(3)15-13(19)16-14(4,5)9-8-12(17)18/h10-11H,6-9H2,1-5H3,(H,17,18)(H2,15,16,19). The highest BCUT2D eigenvalue weighted by molar-refractivity contribution is 5.75. The molecule has 0 aromatic heterocycles. The van der Waals surface area contributed by atoms with E-state index in [1.807, 2.05) is 20.8 Å². The summed E-state index contributed by atoms with van der Waals surface area (Å²) in [5.41, 5.74) is -0.518. The average Bonchev–Trinajstić information content (AvgIpc) is 2.27. The van der Waals surface area contributed by atoms with Gasteiger partial charge in [0.1, 0.15) is 0 Å². The quantitative estimate of drug-likeness (QED) is 0.635. The van der Waals surface area contributed by atoms with Crippen molar-refractivity contribution in [3.05, 3.63) is 0 Å². The zero-order valence-electron chi connectivity index (χ0n) is 12.7. The molecule has 1 unspecified atom stereocenters. The lowest BCUT2D eigenvalue weighted by atomic mass is 9.95. The van der Waals surface area contributed by atoms with Crippen LogP contribution in [0.3, 0.4) is 0 Å². The molecule has 5 heteroatoms. The lowest BCUT2D eigenvalue weighted by Crippen LogP contribution is -2.51. The van der Waals surface area contributed by atoms with Crippen LogP contribution in [-0.4, -0.2) is 28.7 Å². The van der Waals surface area contributed by atoms with Crippen LogP contribution in [0.15, 0.2) is 0 Å². The molecule has 0 saturated heterocycles. The van der Waals surface area contributed by atoms with Crippen molar-refractivity contribution in [2.45, 2.75) is 71.9 Å². The van der Waals surface area contributed by atoms with Crippen LogP contribution in [0.1, 0.15) is 60.3 Å². The number of rotatable bonds is 8. The number of aliphatic carboxylic acids is 1. The third kappa shape index (κ3) is 7.70. The Labute approximate surface area is 116 Å². The van der Waals surface area contributed by atoms with E-state index in [4.69, 9.17) is 5.11 Å². The Bertz CT molecular complexity index is 299. The van der Waals surface area contributed by atoms with Crippen LogP contribution in [0.25, 0.3) is 0 Å². The summed E-state index contributed by atoms with van der Waals surface area (Å²) in [4.78, 5) is 22.4. The van der Waals surface area contributed by atoms with Crippen molar-refractivity contribution in [2.75, 3.05) is 0 Å². The highest BCUT2D eigenvalue weighted by Gasteiger charge is 2.23. The number of hydrogen-bond donors (Lipinski definition) is 3. The van der Waals surface area contributed by atoms with Gasteiger partial charge in [0, 0.05) is 18.0 Å². The number of amides is 2. The summed E-state index contributed by atoms with van der Waals surface area (Å²) in [6.07, 6.45) is 2.52. The molecule has 0 fully saturated rings. The van der Waals surface area contributed by atoms with Gasteiger partial charge in [-0.2, -0.15) is 0 Å². The molecule has 0 aliphatic carbocycles. The highest BCUT2D eigenvalue weighted by atomic mass is 16.4. The van der Waals surface area contributed by atoms with E-state index in [-0.39, 0.29) is 18.5 Å². The van der Waals surface area contributed by atoms with E-state index in [0.717, 1.165) is 12.8 Å². The fourth-order valence-corrected chi connectivity index (χ4v) is 2.15. The molecule has 0 aliphatic rings. The van der Waals surface area contributed by atoms with Crippen molar-refractivity contribution >= 4 is 12.0 Å². The second kappa shape index (κ2) is 8.02. The molecule has 0 aromatic rings. The molecule has 0 bridgehead atoms. The third-order valence-corrected chi connectivity index (χ3v) is 3.53. The van der Waals surface area contributed by atoms with Gasteiger partial charge in [0.05, 0.1) is 0 Å². The summed E-state index contributed by atoms with van der Waals surface area (Å²) in [6, 6.07) is -0.111. The lowest BCUT2D eigenvalue weighted by molar-refractivity contribution is -0.137. The van der Waals surface area contributed by atoms with Crippen LogP contribution in [0.4, 0.5) is 4.79 Å². The van der Waals surface area contributed by atoms with Crippen molar-refractivity contribution in [1.29, 1.82) is 0 Å². The summed E-state index contributed by atoms with van der Waals surface area (Å²) < 4.78 is 0. The molecule has 0 saturated carbocycles. The van der Waals surface area contributed by atoms with Gasteiger partial charge >= 0.3 is 12.0 Å². The van der Waals surface area contributed by atoms with E-state index in [1.165, 1.54) is 0 Å². The van der Waals surface area contributed by atoms with E-state index in [2.05, 4.69) is 24.5 Å². The summed E-state index contributed by atoms with van der Waals surface area (Å²) in [7, 11) is 0. The molecule has 0 rings (SSSR count). The van der Waals surface area contributed by atoms with Crippen molar-refractivity contribution in [3.63, 3.8) is 0 Å². The maximum atomic E-state index is 11.9. The van der Waals surface area contributed by atoms with Gasteiger partial charge in [-0.05, 0) is 33.1 Å². The number of carbonyl (C=O) groups is 2. The second-order valence-corrected chi connectivity index (χ2v) is 5.74. The van der Waals surface area contributed by atoms with Crippen LogP contribution < -0.4 is 10.6 Å². The predicted octanol–water partition coefficient (Wildman–Crippen LogP) is 2.75.